The lowest BCUT2D eigenvalue weighted by atomic mass is 10.1. The van der Waals surface area contributed by atoms with E-state index < -0.39 is 15.9 Å². The first-order valence-electron chi connectivity index (χ1n) is 6.73. The monoisotopic (exact) mass is 313 g/mol. The van der Waals surface area contributed by atoms with Crippen LogP contribution in [0.3, 0.4) is 0 Å². The van der Waals surface area contributed by atoms with Crippen LogP contribution in [0.5, 0.6) is 0 Å². The van der Waals surface area contributed by atoms with Gasteiger partial charge >= 0.3 is 0 Å². The fraction of sp³-hybridized carbons (Fsp3) is 0.500. The number of nitrogens with two attached hydrogens (primary N) is 1. The molecule has 1 rings (SSSR count). The van der Waals surface area contributed by atoms with E-state index in [0.717, 1.165) is 5.56 Å². The molecular formula is C14H23N3O3S. The molecule has 0 aliphatic rings. The van der Waals surface area contributed by atoms with Crippen LogP contribution < -0.4 is 11.1 Å². The molecule has 1 amide bonds. The van der Waals surface area contributed by atoms with Crippen molar-refractivity contribution in [2.75, 3.05) is 20.6 Å². The highest BCUT2D eigenvalue weighted by Crippen LogP contribution is 2.12. The first-order valence-corrected chi connectivity index (χ1v) is 8.34. The topological polar surface area (TPSA) is 92.5 Å². The molecule has 0 radical (unpaired) electrons. The molecule has 0 aliphatic heterocycles. The van der Waals surface area contributed by atoms with Gasteiger partial charge in [-0.05, 0) is 11.1 Å². The SMILES string of the molecule is CNC(=O)C(C)CN(C)S(=O)(=O)Cc1ccc(CN)cc1. The summed E-state index contributed by atoms with van der Waals surface area (Å²) in [5.41, 5.74) is 7.16. The van der Waals surface area contributed by atoms with E-state index in [0.29, 0.717) is 12.1 Å². The third-order valence-corrected chi connectivity index (χ3v) is 5.10. The van der Waals surface area contributed by atoms with Crippen molar-refractivity contribution in [3.8, 4) is 0 Å². The summed E-state index contributed by atoms with van der Waals surface area (Å²) in [6.07, 6.45) is 0. The number of amides is 1. The molecule has 118 valence electrons. The van der Waals surface area contributed by atoms with E-state index in [1.54, 1.807) is 19.1 Å². The highest BCUT2D eigenvalue weighted by atomic mass is 32.2. The van der Waals surface area contributed by atoms with Crippen molar-refractivity contribution >= 4 is 15.9 Å². The second kappa shape index (κ2) is 7.53. The summed E-state index contributed by atoms with van der Waals surface area (Å²) >= 11 is 0. The molecule has 1 aromatic carbocycles. The van der Waals surface area contributed by atoms with Gasteiger partial charge in [0.25, 0.3) is 0 Å². The molecule has 0 bridgehead atoms. The summed E-state index contributed by atoms with van der Waals surface area (Å²) in [5.74, 6) is -0.659. The maximum absolute atomic E-state index is 12.3. The molecule has 0 aliphatic carbocycles. The molecule has 0 saturated carbocycles. The Labute approximate surface area is 126 Å². The zero-order valence-electron chi connectivity index (χ0n) is 12.7. The molecule has 6 nitrogen and oxygen atoms in total. The van der Waals surface area contributed by atoms with Gasteiger partial charge in [0.2, 0.25) is 15.9 Å². The van der Waals surface area contributed by atoms with Crippen molar-refractivity contribution in [2.24, 2.45) is 11.7 Å². The number of carbonyl (C=O) groups is 1. The van der Waals surface area contributed by atoms with Crippen molar-refractivity contribution in [1.82, 2.24) is 9.62 Å². The van der Waals surface area contributed by atoms with Crippen LogP contribution in [0.25, 0.3) is 0 Å². The summed E-state index contributed by atoms with van der Waals surface area (Å²) in [4.78, 5) is 11.5. The third-order valence-electron chi connectivity index (χ3n) is 3.31. The minimum atomic E-state index is -3.45. The highest BCUT2D eigenvalue weighted by molar-refractivity contribution is 7.88. The molecule has 7 heteroatoms. The molecule has 0 heterocycles. The van der Waals surface area contributed by atoms with E-state index in [1.807, 2.05) is 12.1 Å². The van der Waals surface area contributed by atoms with E-state index in [-0.39, 0.29) is 18.2 Å². The van der Waals surface area contributed by atoms with Gasteiger partial charge in [-0.25, -0.2) is 12.7 Å². The molecule has 1 atom stereocenters. The Morgan fingerprint density at radius 3 is 2.29 bits per heavy atom. The van der Waals surface area contributed by atoms with E-state index in [1.165, 1.54) is 18.4 Å². The number of hydrogen-bond donors (Lipinski definition) is 2. The van der Waals surface area contributed by atoms with E-state index in [4.69, 9.17) is 5.73 Å². The fourth-order valence-corrected chi connectivity index (χ4v) is 3.21. The number of hydrogen-bond acceptors (Lipinski definition) is 4. The Morgan fingerprint density at radius 1 is 1.29 bits per heavy atom. The van der Waals surface area contributed by atoms with Gasteiger partial charge in [-0.3, -0.25) is 4.79 Å². The van der Waals surface area contributed by atoms with Crippen LogP contribution in [0.2, 0.25) is 0 Å². The maximum Gasteiger partial charge on any atom is 0.223 e. The van der Waals surface area contributed by atoms with Crippen LogP contribution in [0.1, 0.15) is 18.1 Å². The molecule has 0 saturated heterocycles. The normalized spacial score (nSPS) is 13.2. The maximum atomic E-state index is 12.3. The van der Waals surface area contributed by atoms with Gasteiger partial charge in [0, 0.05) is 33.1 Å². The van der Waals surface area contributed by atoms with Crippen molar-refractivity contribution in [1.29, 1.82) is 0 Å². The fourth-order valence-electron chi connectivity index (χ4n) is 1.92. The lowest BCUT2D eigenvalue weighted by Crippen LogP contribution is -2.37. The second-order valence-electron chi connectivity index (χ2n) is 5.07. The van der Waals surface area contributed by atoms with Gasteiger partial charge in [-0.15, -0.1) is 0 Å². The molecule has 21 heavy (non-hydrogen) atoms. The van der Waals surface area contributed by atoms with E-state index >= 15 is 0 Å². The average molecular weight is 313 g/mol. The first-order chi connectivity index (χ1) is 9.80. The number of carbonyl (C=O) groups excluding carboxylic acids is 1. The Bertz CT molecular complexity index is 570. The highest BCUT2D eigenvalue weighted by Gasteiger charge is 2.23. The standard InChI is InChI=1S/C14H23N3O3S/c1-11(14(18)16-2)9-17(3)21(19,20)10-13-6-4-12(8-15)5-7-13/h4-7,11H,8-10,15H2,1-3H3,(H,16,18). The quantitative estimate of drug-likeness (QED) is 0.757. The molecule has 0 spiro atoms. The smallest absolute Gasteiger partial charge is 0.223 e. The Balaban J connectivity index is 2.73. The van der Waals surface area contributed by atoms with E-state index in [9.17, 15) is 13.2 Å². The Hall–Kier alpha value is -1.44. The first kappa shape index (κ1) is 17.6. The number of benzene rings is 1. The molecular weight excluding hydrogens is 290 g/mol. The van der Waals surface area contributed by atoms with Crippen LogP contribution in [0.15, 0.2) is 24.3 Å². The van der Waals surface area contributed by atoms with Gasteiger partial charge in [0.15, 0.2) is 0 Å². The van der Waals surface area contributed by atoms with Gasteiger partial charge in [-0.1, -0.05) is 31.2 Å². The number of nitrogens with one attached hydrogen (secondary N) is 1. The van der Waals surface area contributed by atoms with Crippen molar-refractivity contribution in [2.45, 2.75) is 19.2 Å². The van der Waals surface area contributed by atoms with Gasteiger partial charge < -0.3 is 11.1 Å². The molecule has 0 fully saturated rings. The predicted molar refractivity (Wildman–Crippen MR) is 82.8 cm³/mol. The van der Waals surface area contributed by atoms with Crippen LogP contribution >= 0.6 is 0 Å². The molecule has 0 aromatic heterocycles. The summed E-state index contributed by atoms with van der Waals surface area (Å²) in [7, 11) is -0.424. The number of nitrogens with zero attached hydrogens (tertiary/aromatic N) is 1. The summed E-state index contributed by atoms with van der Waals surface area (Å²) in [6.45, 7) is 2.28. The summed E-state index contributed by atoms with van der Waals surface area (Å²) < 4.78 is 25.8. The Morgan fingerprint density at radius 2 is 1.81 bits per heavy atom. The second-order valence-corrected chi connectivity index (χ2v) is 7.15. The average Bonchev–Trinajstić information content (AvgIpc) is 2.46. The number of sulfonamides is 1. The van der Waals surface area contributed by atoms with Gasteiger partial charge in [0.05, 0.1) is 5.75 Å². The zero-order valence-corrected chi connectivity index (χ0v) is 13.5. The predicted octanol–water partition coefficient (Wildman–Crippen LogP) is 0.289. The lowest BCUT2D eigenvalue weighted by molar-refractivity contribution is -0.124. The van der Waals surface area contributed by atoms with Gasteiger partial charge in [-0.2, -0.15) is 0 Å². The largest absolute Gasteiger partial charge is 0.359 e. The van der Waals surface area contributed by atoms with E-state index in [2.05, 4.69) is 5.32 Å². The minimum Gasteiger partial charge on any atom is -0.359 e. The van der Waals surface area contributed by atoms with Crippen LogP contribution in [-0.4, -0.2) is 39.3 Å². The lowest BCUT2D eigenvalue weighted by Gasteiger charge is -2.20. The van der Waals surface area contributed by atoms with Crippen molar-refractivity contribution in [3.63, 3.8) is 0 Å². The van der Waals surface area contributed by atoms with Gasteiger partial charge in [0.1, 0.15) is 0 Å². The number of rotatable bonds is 7. The molecule has 3 N–H and O–H groups in total. The Kier molecular flexibility index (Phi) is 6.32. The van der Waals surface area contributed by atoms with Crippen molar-refractivity contribution < 1.29 is 13.2 Å². The molecule has 1 aromatic rings. The summed E-state index contributed by atoms with van der Waals surface area (Å²) in [6, 6.07) is 7.15. The minimum absolute atomic E-state index is 0.0885. The third kappa shape index (κ3) is 5.11. The van der Waals surface area contributed by atoms with Crippen LogP contribution in [0, 0.1) is 5.92 Å². The van der Waals surface area contributed by atoms with Crippen LogP contribution in [0.4, 0.5) is 0 Å². The van der Waals surface area contributed by atoms with Crippen LogP contribution in [-0.2, 0) is 27.1 Å². The van der Waals surface area contributed by atoms with Crippen molar-refractivity contribution in [3.05, 3.63) is 35.4 Å². The summed E-state index contributed by atoms with van der Waals surface area (Å²) in [5, 5.41) is 2.51. The zero-order chi connectivity index (χ0) is 16.0. The molecule has 1 unspecified atom stereocenters.